The largest absolute Gasteiger partial charge is 0.460 e. The average Bonchev–Trinajstić information content (AvgIpc) is 3.00. The molecule has 0 spiro atoms. The number of alkyl halides is 6. The highest BCUT2D eigenvalue weighted by atomic mass is 35.6. The van der Waals surface area contributed by atoms with Gasteiger partial charge < -0.3 is 9.30 Å². The Balaban J connectivity index is 2.17. The van der Waals surface area contributed by atoms with E-state index in [9.17, 15) is 9.59 Å². The summed E-state index contributed by atoms with van der Waals surface area (Å²) in [4.78, 5) is 23.7. The van der Waals surface area contributed by atoms with Gasteiger partial charge in [-0.1, -0.05) is 69.6 Å². The normalized spacial score (nSPS) is 17.2. The molecule has 122 valence electrons. The molecule has 2 rings (SSSR count). The molecule has 10 heteroatoms. The topological polar surface area (TPSA) is 48.3 Å². The van der Waals surface area contributed by atoms with Gasteiger partial charge in [-0.2, -0.15) is 0 Å². The third-order valence-corrected chi connectivity index (χ3v) is 4.26. The zero-order valence-electron chi connectivity index (χ0n) is 10.8. The predicted octanol–water partition coefficient (Wildman–Crippen LogP) is 4.44. The van der Waals surface area contributed by atoms with Gasteiger partial charge in [-0.25, -0.2) is 4.79 Å². The monoisotopic (exact) mass is 425 g/mol. The van der Waals surface area contributed by atoms with Crippen LogP contribution in [-0.2, 0) is 15.1 Å². The van der Waals surface area contributed by atoms with Crippen LogP contribution in [0.4, 0.5) is 0 Å². The average molecular weight is 428 g/mol. The van der Waals surface area contributed by atoms with Gasteiger partial charge in [-0.05, 0) is 25.0 Å². The lowest BCUT2D eigenvalue weighted by molar-refractivity contribution is -0.144. The molecule has 0 aromatic carbocycles. The Morgan fingerprint density at radius 1 is 1.14 bits per heavy atom. The number of hydrogen-bond acceptors (Lipinski definition) is 3. The molecule has 0 N–H and O–H groups in total. The molecule has 0 amide bonds. The Bertz CT molecular complexity index is 597. The van der Waals surface area contributed by atoms with E-state index in [1.165, 1.54) is 6.07 Å². The zero-order chi connectivity index (χ0) is 16.8. The van der Waals surface area contributed by atoms with Crippen LogP contribution in [0.5, 0.6) is 0 Å². The number of Topliss-reactive ketones (excluding diaryl/α,β-unsaturated/α-hetero) is 1. The Kier molecular flexibility index (Phi) is 5.24. The summed E-state index contributed by atoms with van der Waals surface area (Å²) in [5.41, 5.74) is -0.377. The number of esters is 1. The molecule has 1 aromatic heterocycles. The molecule has 1 aliphatic rings. The van der Waals surface area contributed by atoms with Crippen LogP contribution in [0.2, 0.25) is 0 Å². The highest BCUT2D eigenvalue weighted by Crippen LogP contribution is 2.46. The fraction of sp³-hybridized carbons (Fsp3) is 0.500. The van der Waals surface area contributed by atoms with Gasteiger partial charge in [-0.15, -0.1) is 0 Å². The van der Waals surface area contributed by atoms with Crippen molar-refractivity contribution in [1.29, 1.82) is 0 Å². The van der Waals surface area contributed by atoms with E-state index >= 15 is 0 Å². The molecule has 1 saturated carbocycles. The molecule has 0 unspecified atom stereocenters. The molecule has 1 heterocycles. The lowest BCUT2D eigenvalue weighted by atomic mass is 10.2. The molecule has 0 aliphatic heterocycles. The van der Waals surface area contributed by atoms with E-state index < -0.39 is 24.9 Å². The minimum absolute atomic E-state index is 0.0471. The first-order valence-electron chi connectivity index (χ1n) is 6.01. The van der Waals surface area contributed by atoms with Crippen molar-refractivity contribution < 1.29 is 14.3 Å². The molecule has 0 bridgehead atoms. The van der Waals surface area contributed by atoms with Gasteiger partial charge in [0.1, 0.15) is 6.61 Å². The summed E-state index contributed by atoms with van der Waals surface area (Å²) < 4.78 is 2.42. The first-order chi connectivity index (χ1) is 9.97. The van der Waals surface area contributed by atoms with Crippen molar-refractivity contribution in [2.75, 3.05) is 6.61 Å². The van der Waals surface area contributed by atoms with Gasteiger partial charge in [0.15, 0.2) is 0 Å². The molecular weight excluding hydrogens is 419 g/mol. The molecule has 0 saturated heterocycles. The Labute approximate surface area is 156 Å². The lowest BCUT2D eigenvalue weighted by Gasteiger charge is -2.22. The van der Waals surface area contributed by atoms with Gasteiger partial charge in [-0.3, -0.25) is 4.79 Å². The van der Waals surface area contributed by atoms with Crippen molar-refractivity contribution in [3.8, 4) is 0 Å². The van der Waals surface area contributed by atoms with Crippen LogP contribution in [0.25, 0.3) is 0 Å². The number of halogens is 6. The highest BCUT2D eigenvalue weighted by molar-refractivity contribution is 6.77. The summed E-state index contributed by atoms with van der Waals surface area (Å²) in [5, 5.41) is 0. The van der Waals surface area contributed by atoms with Crippen LogP contribution in [0.3, 0.4) is 0 Å². The number of hydrogen-bond donors (Lipinski definition) is 0. The van der Waals surface area contributed by atoms with E-state index in [4.69, 9.17) is 74.3 Å². The zero-order valence-corrected chi connectivity index (χ0v) is 15.3. The number of aromatic nitrogens is 1. The lowest BCUT2D eigenvalue weighted by Crippen LogP contribution is -2.32. The first-order valence-corrected chi connectivity index (χ1v) is 8.27. The minimum Gasteiger partial charge on any atom is -0.460 e. The van der Waals surface area contributed by atoms with E-state index in [1.54, 1.807) is 16.8 Å². The quantitative estimate of drug-likeness (QED) is 0.405. The third-order valence-electron chi connectivity index (χ3n) is 3.28. The van der Waals surface area contributed by atoms with Crippen LogP contribution in [0.15, 0.2) is 18.3 Å². The Hall–Kier alpha value is 0.160. The van der Waals surface area contributed by atoms with Crippen LogP contribution < -0.4 is 0 Å². The molecule has 0 atom stereocenters. The second-order valence-corrected chi connectivity index (χ2v) is 9.45. The van der Waals surface area contributed by atoms with Gasteiger partial charge in [0.25, 0.3) is 7.59 Å². The van der Waals surface area contributed by atoms with Gasteiger partial charge in [0, 0.05) is 6.20 Å². The van der Waals surface area contributed by atoms with E-state index in [2.05, 4.69) is 0 Å². The summed E-state index contributed by atoms with van der Waals surface area (Å²) in [6.45, 7) is -0.0471. The second-order valence-electron chi connectivity index (χ2n) is 4.89. The molecule has 22 heavy (non-hydrogen) atoms. The molecule has 1 aliphatic carbocycles. The van der Waals surface area contributed by atoms with Crippen LogP contribution in [-0.4, -0.2) is 30.5 Å². The molecule has 1 fully saturated rings. The smallest absolute Gasteiger partial charge is 0.358 e. The molecule has 0 radical (unpaired) electrons. The summed E-state index contributed by atoms with van der Waals surface area (Å²) in [6.07, 6.45) is 3.00. The first kappa shape index (κ1) is 18.5. The maximum Gasteiger partial charge on any atom is 0.358 e. The van der Waals surface area contributed by atoms with Crippen molar-refractivity contribution in [3.05, 3.63) is 24.0 Å². The second kappa shape index (κ2) is 6.23. The standard InChI is InChI=1S/C12H9Cl6NO3/c13-11(14,15)8(20)7-2-1-5-19(7)10(3-4-10)6-22-9(21)12(16,17)18/h1-2,5H,3-4,6H2. The predicted molar refractivity (Wildman–Crippen MR) is 87.5 cm³/mol. The van der Waals surface area contributed by atoms with E-state index in [-0.39, 0.29) is 12.3 Å². The van der Waals surface area contributed by atoms with Crippen molar-refractivity contribution in [1.82, 2.24) is 4.57 Å². The van der Waals surface area contributed by atoms with Crippen molar-refractivity contribution in [2.24, 2.45) is 0 Å². The number of rotatable bonds is 4. The van der Waals surface area contributed by atoms with Gasteiger partial charge in [0.2, 0.25) is 5.78 Å². The minimum atomic E-state index is -2.15. The summed E-state index contributed by atoms with van der Waals surface area (Å²) in [7, 11) is 0. The van der Waals surface area contributed by atoms with Gasteiger partial charge >= 0.3 is 5.97 Å². The Morgan fingerprint density at radius 3 is 2.18 bits per heavy atom. The maximum atomic E-state index is 12.1. The van der Waals surface area contributed by atoms with E-state index in [0.29, 0.717) is 12.8 Å². The van der Waals surface area contributed by atoms with Crippen LogP contribution >= 0.6 is 69.6 Å². The fourth-order valence-electron chi connectivity index (χ4n) is 2.01. The van der Waals surface area contributed by atoms with Crippen LogP contribution in [0, 0.1) is 0 Å². The third kappa shape index (κ3) is 3.97. The number of carbonyl (C=O) groups is 2. The summed E-state index contributed by atoms with van der Waals surface area (Å²) >= 11 is 33.2. The molecular formula is C12H9Cl6NO3. The molecule has 1 aromatic rings. The molecule has 4 nitrogen and oxygen atoms in total. The number of carbonyl (C=O) groups excluding carboxylic acids is 2. The van der Waals surface area contributed by atoms with E-state index in [0.717, 1.165) is 0 Å². The number of ketones is 1. The maximum absolute atomic E-state index is 12.1. The Morgan fingerprint density at radius 2 is 1.73 bits per heavy atom. The summed E-state index contributed by atoms with van der Waals surface area (Å²) in [5.74, 6) is -1.65. The van der Waals surface area contributed by atoms with Crippen LogP contribution in [0.1, 0.15) is 23.3 Å². The fourth-order valence-corrected chi connectivity index (χ4v) is 2.46. The van der Waals surface area contributed by atoms with Crippen molar-refractivity contribution in [3.63, 3.8) is 0 Å². The number of nitrogens with zero attached hydrogens (tertiary/aromatic N) is 1. The summed E-state index contributed by atoms with van der Waals surface area (Å²) in [6, 6.07) is 3.17. The van der Waals surface area contributed by atoms with Crippen molar-refractivity contribution >= 4 is 81.4 Å². The van der Waals surface area contributed by atoms with Gasteiger partial charge in [0.05, 0.1) is 11.2 Å². The SMILES string of the molecule is O=C(OCC1(n2cccc2C(=O)C(Cl)(Cl)Cl)CC1)C(Cl)(Cl)Cl. The van der Waals surface area contributed by atoms with Crippen molar-refractivity contribution in [2.45, 2.75) is 26.0 Å². The highest BCUT2D eigenvalue weighted by Gasteiger charge is 2.49. The number of ether oxygens (including phenoxy) is 1. The van der Waals surface area contributed by atoms with E-state index in [1.807, 2.05) is 0 Å².